The van der Waals surface area contributed by atoms with E-state index in [0.717, 1.165) is 0 Å². The van der Waals surface area contributed by atoms with Crippen molar-refractivity contribution < 1.29 is 0 Å². The molecule has 120 valence electrons. The maximum atomic E-state index is 6.90. The Bertz CT molecular complexity index is 299. The fourth-order valence-corrected chi connectivity index (χ4v) is 263. The highest BCUT2D eigenvalue weighted by molar-refractivity contribution is 7.96. The number of rotatable bonds is 5. The Kier molecular flexibility index (Phi) is 10.6. The Morgan fingerprint density at radius 3 is 2.00 bits per heavy atom. The third kappa shape index (κ3) is 9.46. The van der Waals surface area contributed by atoms with Crippen molar-refractivity contribution >= 4 is 148 Å². The summed E-state index contributed by atoms with van der Waals surface area (Å²) in [6, 6.07) is 0.508. The first-order valence-electron chi connectivity index (χ1n) is 6.84. The molecule has 0 nitrogen and oxygen atoms in total. The summed E-state index contributed by atoms with van der Waals surface area (Å²) in [5, 5.41) is 0. The molecule has 0 aliphatic carbocycles. The van der Waals surface area contributed by atoms with Gasteiger partial charge in [0.1, 0.15) is 0 Å². The van der Waals surface area contributed by atoms with Gasteiger partial charge in [-0.05, 0) is 31.3 Å². The predicted octanol–water partition coefficient (Wildman–Crippen LogP) is 0.298. The van der Waals surface area contributed by atoms with Crippen LogP contribution in [0.5, 0.6) is 0 Å². The van der Waals surface area contributed by atoms with Crippen LogP contribution in [0.3, 0.4) is 0 Å². The molecular weight excluding hydrogens is 549 g/mol. The normalized spacial score (nSPS) is 29.2. The van der Waals surface area contributed by atoms with E-state index in [1.165, 1.54) is 0 Å². The average Bonchev–Trinajstić information content (AvgIpc) is 2.08. The van der Waals surface area contributed by atoms with Crippen molar-refractivity contribution in [3.05, 3.63) is 0 Å². The molecule has 0 saturated carbocycles. The molecule has 1 heterocycles. The predicted molar refractivity (Wildman–Crippen MR) is 127 cm³/mol. The summed E-state index contributed by atoms with van der Waals surface area (Å²) in [6.07, 6.45) is -2.15. The summed E-state index contributed by atoms with van der Waals surface area (Å²) in [5.41, 5.74) is 1.07. The minimum absolute atomic E-state index is 0.162. The van der Waals surface area contributed by atoms with Gasteiger partial charge in [0, 0.05) is 31.1 Å². The van der Waals surface area contributed by atoms with Crippen LogP contribution in [0.4, 0.5) is 0 Å². The third-order valence-corrected chi connectivity index (χ3v) is 146. The van der Waals surface area contributed by atoms with Gasteiger partial charge in [-0.25, -0.2) is 0 Å². The lowest BCUT2D eigenvalue weighted by atomic mass is 11.0. The molecule has 0 aromatic carbocycles. The van der Waals surface area contributed by atoms with Crippen molar-refractivity contribution in [3.63, 3.8) is 0 Å². The van der Waals surface area contributed by atoms with Gasteiger partial charge in [-0.1, -0.05) is 12.1 Å². The SMILES string of the molecule is Cl[Si](Cl)(Cl)C[Si](Cl)(Cl)C[Si](Cl)(Cl)[SiH]1[SiH2][SiH2]CC[SiH2][SiH2][SiH2]1. The molecule has 1 atom stereocenters. The standard InChI is InChI=1S/C4H19Cl7Si9/c5-18(6,3-19(7,8)9)4-20(10,11)17-15-13-2-1-12-14-16-17/h17H,1-4,12-16H2. The maximum Gasteiger partial charge on any atom is 0.341 e. The maximum absolute atomic E-state index is 6.90. The highest BCUT2D eigenvalue weighted by atomic mass is 35.8. The first-order valence-corrected chi connectivity index (χ1v) is 43.1. The highest BCUT2D eigenvalue weighted by Gasteiger charge is 2.50. The summed E-state index contributed by atoms with van der Waals surface area (Å²) in [4.78, 5) is 0. The van der Waals surface area contributed by atoms with Crippen molar-refractivity contribution in [2.75, 3.05) is 0 Å². The van der Waals surface area contributed by atoms with Crippen LogP contribution in [0.1, 0.15) is 0 Å². The van der Waals surface area contributed by atoms with E-state index in [1.807, 2.05) is 0 Å². The molecule has 1 rings (SSSR count). The first kappa shape index (κ1) is 22.0. The van der Waals surface area contributed by atoms with E-state index in [2.05, 4.69) is 0 Å². The Hall–Kier alpha value is 3.98. The molecule has 0 aromatic rings. The summed E-state index contributed by atoms with van der Waals surface area (Å²) in [6.45, 7) is -2.56. The van der Waals surface area contributed by atoms with E-state index in [1.54, 1.807) is 12.1 Å². The lowest BCUT2D eigenvalue weighted by Gasteiger charge is -2.31. The van der Waals surface area contributed by atoms with Gasteiger partial charge >= 0.3 is 6.00 Å². The van der Waals surface area contributed by atoms with E-state index in [-0.39, 0.29) is 26.1 Å². The molecule has 1 aliphatic rings. The second kappa shape index (κ2) is 9.62. The van der Waals surface area contributed by atoms with Crippen LogP contribution in [0.25, 0.3) is 0 Å². The smallest absolute Gasteiger partial charge is 0.151 e. The molecule has 20 heavy (non-hydrogen) atoms. The Morgan fingerprint density at radius 1 is 0.800 bits per heavy atom. The number of halogens is 7. The molecule has 0 radical (unpaired) electrons. The fraction of sp³-hybridized carbons (Fsp3) is 1.00. The summed E-state index contributed by atoms with van der Waals surface area (Å²) in [5.74, 6) is 0. The number of hydrogen-bond donors (Lipinski definition) is 0. The first-order chi connectivity index (χ1) is 9.02. The minimum atomic E-state index is -2.78. The highest BCUT2D eigenvalue weighted by Crippen LogP contribution is 2.41. The third-order valence-electron chi connectivity index (χ3n) is 3.66. The lowest BCUT2D eigenvalue weighted by molar-refractivity contribution is 1.45. The summed E-state index contributed by atoms with van der Waals surface area (Å²) in [7, 11) is 0.638. The minimum Gasteiger partial charge on any atom is -0.151 e. The van der Waals surface area contributed by atoms with E-state index in [9.17, 15) is 0 Å². The molecule has 16 heteroatoms. The van der Waals surface area contributed by atoms with Crippen LogP contribution in [-0.2, 0) is 0 Å². The van der Waals surface area contributed by atoms with Crippen molar-refractivity contribution in [2.24, 2.45) is 0 Å². The number of hydrogen-bond acceptors (Lipinski definition) is 0. The van der Waals surface area contributed by atoms with Gasteiger partial charge in [-0.2, -0.15) is 22.2 Å². The van der Waals surface area contributed by atoms with Crippen LogP contribution in [0, 0.1) is 0 Å². The van der Waals surface area contributed by atoms with E-state index >= 15 is 0 Å². The van der Waals surface area contributed by atoms with Crippen LogP contribution in [0.15, 0.2) is 0 Å². The molecule has 0 N–H and O–H groups in total. The van der Waals surface area contributed by atoms with Gasteiger partial charge < -0.3 is 0 Å². The summed E-state index contributed by atoms with van der Waals surface area (Å²) >= 11 is 44.8. The monoisotopic (exact) mass is 564 g/mol. The quantitative estimate of drug-likeness (QED) is 0.331. The van der Waals surface area contributed by atoms with Crippen LogP contribution < -0.4 is 0 Å². The molecule has 0 bridgehead atoms. The van der Waals surface area contributed by atoms with Crippen molar-refractivity contribution in [2.45, 2.75) is 23.4 Å². The second-order valence-corrected chi connectivity index (χ2v) is 84.6. The zero-order valence-electron chi connectivity index (χ0n) is 11.1. The van der Waals surface area contributed by atoms with Crippen molar-refractivity contribution in [3.8, 4) is 0 Å². The largest absolute Gasteiger partial charge is 0.341 e. The summed E-state index contributed by atoms with van der Waals surface area (Å²) < 4.78 is 0. The van der Waals surface area contributed by atoms with Crippen molar-refractivity contribution in [1.29, 1.82) is 0 Å². The van der Waals surface area contributed by atoms with Crippen LogP contribution in [0.2, 0.25) is 23.4 Å². The van der Waals surface area contributed by atoms with Gasteiger partial charge in [0.25, 0.3) is 6.69 Å². The van der Waals surface area contributed by atoms with Gasteiger partial charge in [-0.15, -0.1) is 55.4 Å². The molecule has 1 fully saturated rings. The molecule has 1 saturated heterocycles. The van der Waals surface area contributed by atoms with Gasteiger partial charge in [0.2, 0.25) is 6.21 Å². The lowest BCUT2D eigenvalue weighted by Crippen LogP contribution is -2.58. The fourth-order valence-electron chi connectivity index (χ4n) is 2.72. The zero-order valence-corrected chi connectivity index (χ0v) is 27.6. The molecular formula is C4H19Cl7Si9. The Morgan fingerprint density at radius 2 is 1.40 bits per heavy atom. The molecule has 0 spiro atoms. The van der Waals surface area contributed by atoms with Gasteiger partial charge in [0.15, 0.2) is 0 Å². The molecule has 1 aliphatic heterocycles. The van der Waals surface area contributed by atoms with Gasteiger partial charge in [-0.3, -0.25) is 0 Å². The topological polar surface area (TPSA) is 0 Å². The van der Waals surface area contributed by atoms with Gasteiger partial charge in [0.05, 0.1) is 0 Å². The van der Waals surface area contributed by atoms with E-state index in [0.29, 0.717) is 28.9 Å². The molecule has 0 aromatic heterocycles. The Balaban J connectivity index is 2.66. The van der Waals surface area contributed by atoms with E-state index < -0.39 is 26.3 Å². The average molecular weight is 568 g/mol. The van der Waals surface area contributed by atoms with Crippen LogP contribution in [-0.4, -0.2) is 70.0 Å². The van der Waals surface area contributed by atoms with Crippen molar-refractivity contribution in [1.82, 2.24) is 0 Å². The molecule has 0 amide bonds. The van der Waals surface area contributed by atoms with E-state index in [4.69, 9.17) is 77.6 Å². The molecule has 1 unspecified atom stereocenters. The zero-order chi connectivity index (χ0) is 15.4. The second-order valence-electron chi connectivity index (χ2n) is 5.63. The Labute approximate surface area is 169 Å². The van der Waals surface area contributed by atoms with Crippen LogP contribution >= 0.6 is 77.6 Å².